The van der Waals surface area contributed by atoms with Gasteiger partial charge in [0.25, 0.3) is 0 Å². The lowest BCUT2D eigenvalue weighted by Crippen LogP contribution is -2.32. The van der Waals surface area contributed by atoms with Crippen LogP contribution < -0.4 is 25.0 Å². The molecule has 2 aliphatic rings. The molecular formula is C43H42Cl3N3O3. The number of nitrogens with two attached hydrogens (primary N) is 1. The van der Waals surface area contributed by atoms with Gasteiger partial charge >= 0.3 is 0 Å². The SMILES string of the molecule is Cc1cccc(N)c1.Cc1cccc(N2COc3cc(Cl)ccc3C2)c1.Cc1cccc(N2COc3cccc(Cl)c3C2)c1.Oc1cccc(Cl)c1. The number of fused-ring (bicyclic) bond motifs is 2. The van der Waals surface area contributed by atoms with Gasteiger partial charge < -0.3 is 30.1 Å². The van der Waals surface area contributed by atoms with Gasteiger partial charge in [-0.1, -0.05) is 89.4 Å². The minimum atomic E-state index is 0.206. The van der Waals surface area contributed by atoms with Crippen molar-refractivity contribution in [3.63, 3.8) is 0 Å². The molecule has 0 aliphatic carbocycles. The molecule has 6 aromatic carbocycles. The Hall–Kier alpha value is -5.01. The molecule has 0 radical (unpaired) electrons. The number of hydrogen-bond donors (Lipinski definition) is 2. The average molecular weight is 755 g/mol. The van der Waals surface area contributed by atoms with E-state index in [1.165, 1.54) is 39.7 Å². The third-order valence-corrected chi connectivity index (χ3v) is 8.98. The Balaban J connectivity index is 0.000000144. The molecule has 0 amide bonds. The third-order valence-electron chi connectivity index (χ3n) is 8.15. The maximum atomic E-state index is 8.73. The van der Waals surface area contributed by atoms with Crippen molar-refractivity contribution in [2.75, 3.05) is 29.0 Å². The highest BCUT2D eigenvalue weighted by Crippen LogP contribution is 2.33. The lowest BCUT2D eigenvalue weighted by atomic mass is 10.1. The van der Waals surface area contributed by atoms with E-state index >= 15 is 0 Å². The highest BCUT2D eigenvalue weighted by atomic mass is 35.5. The van der Waals surface area contributed by atoms with Crippen LogP contribution in [0.25, 0.3) is 0 Å². The lowest BCUT2D eigenvalue weighted by molar-refractivity contribution is 0.289. The molecule has 0 bridgehead atoms. The van der Waals surface area contributed by atoms with Crippen molar-refractivity contribution in [1.82, 2.24) is 0 Å². The second kappa shape index (κ2) is 18.5. The van der Waals surface area contributed by atoms with Crippen LogP contribution in [0.2, 0.25) is 15.1 Å². The molecule has 6 nitrogen and oxygen atoms in total. The zero-order chi connectivity index (χ0) is 37.0. The van der Waals surface area contributed by atoms with Crippen molar-refractivity contribution in [3.05, 3.63) is 176 Å². The van der Waals surface area contributed by atoms with Crippen LogP contribution in [0.4, 0.5) is 17.1 Å². The van der Waals surface area contributed by atoms with Crippen LogP contribution in [0.5, 0.6) is 17.2 Å². The summed E-state index contributed by atoms with van der Waals surface area (Å²) in [4.78, 5) is 4.39. The van der Waals surface area contributed by atoms with Gasteiger partial charge in [-0.25, -0.2) is 0 Å². The number of rotatable bonds is 2. The summed E-state index contributed by atoms with van der Waals surface area (Å²) in [5, 5.41) is 10.8. The Morgan fingerprint density at radius 1 is 0.558 bits per heavy atom. The summed E-state index contributed by atoms with van der Waals surface area (Å²) < 4.78 is 11.5. The van der Waals surface area contributed by atoms with Gasteiger partial charge in [0.1, 0.15) is 17.2 Å². The van der Waals surface area contributed by atoms with Crippen LogP contribution in [-0.2, 0) is 13.1 Å². The van der Waals surface area contributed by atoms with E-state index in [0.717, 1.165) is 45.9 Å². The zero-order valence-corrected chi connectivity index (χ0v) is 31.7. The normalized spacial score (nSPS) is 12.5. The molecule has 52 heavy (non-hydrogen) atoms. The van der Waals surface area contributed by atoms with E-state index in [2.05, 4.69) is 72.2 Å². The quantitative estimate of drug-likeness (QED) is 0.172. The minimum Gasteiger partial charge on any atom is -0.508 e. The lowest BCUT2D eigenvalue weighted by Gasteiger charge is -2.31. The second-order valence-corrected chi connectivity index (χ2v) is 13.8. The van der Waals surface area contributed by atoms with E-state index in [1.54, 1.807) is 18.2 Å². The van der Waals surface area contributed by atoms with Gasteiger partial charge in [0.2, 0.25) is 0 Å². The van der Waals surface area contributed by atoms with Gasteiger partial charge in [-0.2, -0.15) is 0 Å². The molecule has 8 rings (SSSR count). The standard InChI is InChI=1S/2C15H14ClNO.C7H9N.C6H5ClO/c1-11-4-2-5-12(8-11)17-9-13-14(16)6-3-7-15(13)18-10-17;1-11-3-2-4-14(7-11)17-9-12-5-6-13(16)8-15(12)18-10-17;1-6-3-2-4-7(8)5-6;7-5-2-1-3-6(8)4-5/h2*2-8H,9-10H2,1H3;2-5H,8H2,1H3;1-4,8H. The van der Waals surface area contributed by atoms with Gasteiger partial charge in [-0.3, -0.25) is 0 Å². The first-order valence-electron chi connectivity index (χ1n) is 16.8. The monoisotopic (exact) mass is 753 g/mol. The van der Waals surface area contributed by atoms with Crippen molar-refractivity contribution < 1.29 is 14.6 Å². The van der Waals surface area contributed by atoms with E-state index in [0.29, 0.717) is 18.5 Å². The van der Waals surface area contributed by atoms with Crippen LogP contribution in [0.1, 0.15) is 27.8 Å². The molecule has 0 fully saturated rings. The number of phenolic OH excluding ortho intramolecular Hbond substituents is 1. The molecule has 6 aromatic rings. The van der Waals surface area contributed by atoms with Gasteiger partial charge in [0.05, 0.1) is 6.54 Å². The van der Waals surface area contributed by atoms with E-state index < -0.39 is 0 Å². The molecule has 0 spiro atoms. The van der Waals surface area contributed by atoms with Crippen molar-refractivity contribution >= 4 is 51.9 Å². The van der Waals surface area contributed by atoms with Crippen LogP contribution in [0.3, 0.4) is 0 Å². The van der Waals surface area contributed by atoms with E-state index in [-0.39, 0.29) is 5.75 Å². The number of anilines is 3. The summed E-state index contributed by atoms with van der Waals surface area (Å²) >= 11 is 17.7. The second-order valence-electron chi connectivity index (χ2n) is 12.5. The fourth-order valence-corrected chi connectivity index (χ4v) is 6.10. The van der Waals surface area contributed by atoms with Crippen molar-refractivity contribution in [2.45, 2.75) is 33.9 Å². The molecule has 9 heteroatoms. The Morgan fingerprint density at radius 2 is 1.12 bits per heavy atom. The Kier molecular flexibility index (Phi) is 13.6. The number of ether oxygens (including phenoxy) is 2. The van der Waals surface area contributed by atoms with Gasteiger partial charge in [-0.05, 0) is 116 Å². The Morgan fingerprint density at radius 3 is 1.67 bits per heavy atom. The summed E-state index contributed by atoms with van der Waals surface area (Å²) in [6.45, 7) is 9.00. The van der Waals surface area contributed by atoms with Gasteiger partial charge in [-0.15, -0.1) is 0 Å². The van der Waals surface area contributed by atoms with Crippen LogP contribution in [0.15, 0.2) is 133 Å². The molecule has 0 atom stereocenters. The first-order valence-corrected chi connectivity index (χ1v) is 17.9. The predicted molar refractivity (Wildman–Crippen MR) is 217 cm³/mol. The molecule has 268 valence electrons. The third kappa shape index (κ3) is 11.2. The molecule has 0 unspecified atom stereocenters. The topological polar surface area (TPSA) is 71.2 Å². The summed E-state index contributed by atoms with van der Waals surface area (Å²) in [5.41, 5.74) is 14.6. The molecule has 3 N–H and O–H groups in total. The van der Waals surface area contributed by atoms with Crippen molar-refractivity contribution in [3.8, 4) is 17.2 Å². The number of halogens is 3. The largest absolute Gasteiger partial charge is 0.508 e. The first kappa shape index (κ1) is 38.2. The average Bonchev–Trinajstić information content (AvgIpc) is 3.12. The number of phenols is 1. The molecule has 0 saturated heterocycles. The molecule has 2 heterocycles. The van der Waals surface area contributed by atoms with E-state index in [9.17, 15) is 0 Å². The summed E-state index contributed by atoms with van der Waals surface area (Å²) in [6.07, 6.45) is 0. The molecular weight excluding hydrogens is 713 g/mol. The Labute approximate surface area is 321 Å². The smallest absolute Gasteiger partial charge is 0.161 e. The van der Waals surface area contributed by atoms with Crippen LogP contribution in [-0.4, -0.2) is 18.6 Å². The van der Waals surface area contributed by atoms with E-state index in [1.807, 2.05) is 67.6 Å². The van der Waals surface area contributed by atoms with Crippen molar-refractivity contribution in [1.29, 1.82) is 0 Å². The van der Waals surface area contributed by atoms with Crippen molar-refractivity contribution in [2.24, 2.45) is 0 Å². The minimum absolute atomic E-state index is 0.206. The fourth-order valence-electron chi connectivity index (χ4n) is 5.53. The number of aromatic hydroxyl groups is 1. The highest BCUT2D eigenvalue weighted by molar-refractivity contribution is 6.31. The van der Waals surface area contributed by atoms with E-state index in [4.69, 9.17) is 55.1 Å². The van der Waals surface area contributed by atoms with Gasteiger partial charge in [0.15, 0.2) is 13.5 Å². The fraction of sp³-hybridized carbons (Fsp3) is 0.163. The molecule has 0 aromatic heterocycles. The van der Waals surface area contributed by atoms with Crippen LogP contribution >= 0.6 is 34.8 Å². The van der Waals surface area contributed by atoms with Gasteiger partial charge in [0, 0.05) is 49.8 Å². The zero-order valence-electron chi connectivity index (χ0n) is 29.4. The maximum Gasteiger partial charge on any atom is 0.161 e. The number of nitrogen functional groups attached to an aromatic ring is 1. The summed E-state index contributed by atoms with van der Waals surface area (Å²) in [7, 11) is 0. The van der Waals surface area contributed by atoms with Crippen LogP contribution in [0, 0.1) is 20.8 Å². The molecule has 2 aliphatic heterocycles. The first-order chi connectivity index (χ1) is 25.0. The Bertz CT molecular complexity index is 2010. The number of hydrogen-bond acceptors (Lipinski definition) is 6. The number of benzene rings is 6. The molecule has 0 saturated carbocycles. The summed E-state index contributed by atoms with van der Waals surface area (Å²) in [5.74, 6) is 2.00. The number of nitrogens with zero attached hydrogens (tertiary/aromatic N) is 2. The summed E-state index contributed by atoms with van der Waals surface area (Å²) in [6, 6.07) is 42.7. The number of aryl methyl sites for hydroxylation is 3. The highest BCUT2D eigenvalue weighted by Gasteiger charge is 2.20. The predicted octanol–water partition coefficient (Wildman–Crippen LogP) is 11.6. The maximum absolute atomic E-state index is 8.73.